The number of anilines is 2. The standard InChI is InChI=1S/C25H20N4O4/c1-14-18(15(2)27-23(31)21(14)13-26)10-11-22(30)28-16-6-5-7-17(12-16)29-24(32)19-8-3-4-9-20(19)25(29)33/h3-9,12H,10-11H2,1-2H3,(H,27,31)(H,28,30). The normalized spacial score (nSPS) is 12.5. The van der Waals surface area contributed by atoms with Crippen LogP contribution >= 0.6 is 0 Å². The second-order valence-corrected chi connectivity index (χ2v) is 7.76. The van der Waals surface area contributed by atoms with Gasteiger partial charge in [-0.15, -0.1) is 0 Å². The fourth-order valence-electron chi connectivity index (χ4n) is 4.03. The summed E-state index contributed by atoms with van der Waals surface area (Å²) < 4.78 is 0. The summed E-state index contributed by atoms with van der Waals surface area (Å²) in [5.41, 5.74) is 3.06. The van der Waals surface area contributed by atoms with Gasteiger partial charge in [-0.3, -0.25) is 19.2 Å². The Morgan fingerprint density at radius 3 is 2.33 bits per heavy atom. The second-order valence-electron chi connectivity index (χ2n) is 7.76. The van der Waals surface area contributed by atoms with Gasteiger partial charge in [-0.25, -0.2) is 4.90 Å². The van der Waals surface area contributed by atoms with E-state index in [9.17, 15) is 24.4 Å². The average molecular weight is 440 g/mol. The highest BCUT2D eigenvalue weighted by molar-refractivity contribution is 6.34. The number of carbonyl (C=O) groups excluding carboxylic acids is 3. The van der Waals surface area contributed by atoms with Crippen molar-refractivity contribution in [3.05, 3.63) is 92.4 Å². The molecule has 8 nitrogen and oxygen atoms in total. The molecule has 1 aliphatic heterocycles. The van der Waals surface area contributed by atoms with Gasteiger partial charge in [-0.05, 0) is 61.7 Å². The summed E-state index contributed by atoms with van der Waals surface area (Å²) in [7, 11) is 0. The van der Waals surface area contributed by atoms with E-state index in [4.69, 9.17) is 0 Å². The zero-order valence-electron chi connectivity index (χ0n) is 18.1. The van der Waals surface area contributed by atoms with Crippen LogP contribution in [0.25, 0.3) is 0 Å². The highest BCUT2D eigenvalue weighted by Gasteiger charge is 2.36. The van der Waals surface area contributed by atoms with Crippen LogP contribution in [0.1, 0.15) is 49.5 Å². The number of nitriles is 1. The zero-order chi connectivity index (χ0) is 23.7. The van der Waals surface area contributed by atoms with Crippen LogP contribution in [-0.4, -0.2) is 22.7 Å². The van der Waals surface area contributed by atoms with E-state index in [-0.39, 0.29) is 17.9 Å². The Morgan fingerprint density at radius 1 is 1.03 bits per heavy atom. The topological polar surface area (TPSA) is 123 Å². The van der Waals surface area contributed by atoms with Crippen molar-refractivity contribution < 1.29 is 14.4 Å². The lowest BCUT2D eigenvalue weighted by Crippen LogP contribution is -2.29. The number of aromatic nitrogens is 1. The number of rotatable bonds is 5. The molecule has 3 aromatic rings. The molecule has 0 unspecified atom stereocenters. The van der Waals surface area contributed by atoms with Gasteiger partial charge >= 0.3 is 0 Å². The maximum absolute atomic E-state index is 12.7. The quantitative estimate of drug-likeness (QED) is 0.590. The summed E-state index contributed by atoms with van der Waals surface area (Å²) in [6.45, 7) is 3.42. The predicted octanol–water partition coefficient (Wildman–Crippen LogP) is 3.24. The van der Waals surface area contributed by atoms with Crippen molar-refractivity contribution in [3.8, 4) is 6.07 Å². The van der Waals surface area contributed by atoms with Crippen LogP contribution in [-0.2, 0) is 11.2 Å². The molecule has 2 aromatic carbocycles. The smallest absolute Gasteiger partial charge is 0.266 e. The first-order chi connectivity index (χ1) is 15.8. The summed E-state index contributed by atoms with van der Waals surface area (Å²) in [5.74, 6) is -1.09. The molecule has 1 aromatic heterocycles. The van der Waals surface area contributed by atoms with Crippen molar-refractivity contribution in [2.24, 2.45) is 0 Å². The second kappa shape index (κ2) is 8.55. The maximum Gasteiger partial charge on any atom is 0.266 e. The lowest BCUT2D eigenvalue weighted by atomic mass is 9.99. The lowest BCUT2D eigenvalue weighted by molar-refractivity contribution is -0.116. The molecule has 0 aliphatic carbocycles. The van der Waals surface area contributed by atoms with Crippen LogP contribution in [0, 0.1) is 25.2 Å². The van der Waals surface area contributed by atoms with Gasteiger partial charge in [0, 0.05) is 17.8 Å². The minimum atomic E-state index is -0.439. The third-order valence-corrected chi connectivity index (χ3v) is 5.70. The highest BCUT2D eigenvalue weighted by atomic mass is 16.2. The molecule has 2 N–H and O–H groups in total. The van der Waals surface area contributed by atoms with E-state index in [0.717, 1.165) is 10.5 Å². The number of carbonyl (C=O) groups is 3. The Kier molecular flexibility index (Phi) is 5.63. The van der Waals surface area contributed by atoms with Crippen LogP contribution < -0.4 is 15.8 Å². The average Bonchev–Trinajstić information content (AvgIpc) is 3.04. The number of nitrogens with one attached hydrogen (secondary N) is 2. The number of pyridine rings is 1. The van der Waals surface area contributed by atoms with Crippen LogP contribution in [0.5, 0.6) is 0 Å². The van der Waals surface area contributed by atoms with Crippen molar-refractivity contribution >= 4 is 29.1 Å². The molecule has 1 aliphatic rings. The number of nitrogens with zero attached hydrogens (tertiary/aromatic N) is 2. The molecular formula is C25H20N4O4. The SMILES string of the molecule is Cc1[nH]c(=O)c(C#N)c(C)c1CCC(=O)Nc1cccc(N2C(=O)c3ccccc3C2=O)c1. The van der Waals surface area contributed by atoms with Crippen molar-refractivity contribution in [1.29, 1.82) is 5.26 Å². The van der Waals surface area contributed by atoms with E-state index < -0.39 is 17.4 Å². The van der Waals surface area contributed by atoms with Gasteiger partial charge in [0.25, 0.3) is 17.4 Å². The maximum atomic E-state index is 12.7. The third kappa shape index (κ3) is 3.92. The van der Waals surface area contributed by atoms with Crippen LogP contribution in [0.3, 0.4) is 0 Å². The molecule has 164 valence electrons. The fourth-order valence-corrected chi connectivity index (χ4v) is 4.03. The number of aromatic amines is 1. The summed E-state index contributed by atoms with van der Waals surface area (Å²) in [6, 6.07) is 15.1. The summed E-state index contributed by atoms with van der Waals surface area (Å²) in [6.07, 6.45) is 0.461. The predicted molar refractivity (Wildman–Crippen MR) is 122 cm³/mol. The van der Waals surface area contributed by atoms with Gasteiger partial charge in [0.1, 0.15) is 11.6 Å². The Morgan fingerprint density at radius 2 is 1.70 bits per heavy atom. The number of benzene rings is 2. The van der Waals surface area contributed by atoms with Gasteiger partial charge in [0.15, 0.2) is 0 Å². The highest BCUT2D eigenvalue weighted by Crippen LogP contribution is 2.29. The van der Waals surface area contributed by atoms with E-state index in [0.29, 0.717) is 40.2 Å². The van der Waals surface area contributed by atoms with Crippen molar-refractivity contribution in [1.82, 2.24) is 4.98 Å². The monoisotopic (exact) mass is 440 g/mol. The first kappa shape index (κ1) is 21.7. The molecule has 2 heterocycles. The summed E-state index contributed by atoms with van der Waals surface area (Å²) >= 11 is 0. The fraction of sp³-hybridized carbons (Fsp3) is 0.160. The Labute approximate surface area is 189 Å². The molecule has 8 heteroatoms. The minimum Gasteiger partial charge on any atom is -0.326 e. The number of imide groups is 1. The molecule has 33 heavy (non-hydrogen) atoms. The number of fused-ring (bicyclic) bond motifs is 1. The summed E-state index contributed by atoms with van der Waals surface area (Å²) in [5, 5.41) is 12.0. The summed E-state index contributed by atoms with van der Waals surface area (Å²) in [4.78, 5) is 53.6. The first-order valence-corrected chi connectivity index (χ1v) is 10.3. The van der Waals surface area contributed by atoms with Gasteiger partial charge in [0.05, 0.1) is 16.8 Å². The Balaban J connectivity index is 1.49. The molecule has 0 saturated heterocycles. The number of aryl methyl sites for hydroxylation is 1. The Bertz CT molecular complexity index is 1380. The van der Waals surface area contributed by atoms with Crippen LogP contribution in [0.4, 0.5) is 11.4 Å². The van der Waals surface area contributed by atoms with Gasteiger partial charge in [-0.2, -0.15) is 5.26 Å². The van der Waals surface area contributed by atoms with Crippen LogP contribution in [0.15, 0.2) is 53.3 Å². The molecular weight excluding hydrogens is 420 g/mol. The van der Waals surface area contributed by atoms with Crippen molar-refractivity contribution in [3.63, 3.8) is 0 Å². The van der Waals surface area contributed by atoms with E-state index in [1.54, 1.807) is 62.4 Å². The molecule has 0 saturated carbocycles. The largest absolute Gasteiger partial charge is 0.326 e. The van der Waals surface area contributed by atoms with Crippen molar-refractivity contribution in [2.75, 3.05) is 10.2 Å². The van der Waals surface area contributed by atoms with Gasteiger partial charge < -0.3 is 10.3 Å². The zero-order valence-corrected chi connectivity index (χ0v) is 18.1. The Hall–Kier alpha value is -4.51. The van der Waals surface area contributed by atoms with E-state index in [1.165, 1.54) is 0 Å². The number of hydrogen-bond donors (Lipinski definition) is 2. The minimum absolute atomic E-state index is 0.0460. The van der Waals surface area contributed by atoms with E-state index in [2.05, 4.69) is 10.3 Å². The molecule has 0 spiro atoms. The molecule has 4 rings (SSSR count). The molecule has 3 amide bonds. The van der Waals surface area contributed by atoms with Gasteiger partial charge in [0.2, 0.25) is 5.91 Å². The molecule has 0 radical (unpaired) electrons. The van der Waals surface area contributed by atoms with Crippen molar-refractivity contribution in [2.45, 2.75) is 26.7 Å². The van der Waals surface area contributed by atoms with Gasteiger partial charge in [-0.1, -0.05) is 18.2 Å². The number of H-pyrrole nitrogens is 1. The molecule has 0 fully saturated rings. The molecule has 0 atom stereocenters. The number of hydrogen-bond acceptors (Lipinski definition) is 5. The third-order valence-electron chi connectivity index (χ3n) is 5.70. The lowest BCUT2D eigenvalue weighted by Gasteiger charge is -2.15. The molecule has 0 bridgehead atoms. The number of amides is 3. The first-order valence-electron chi connectivity index (χ1n) is 10.3. The van der Waals surface area contributed by atoms with E-state index in [1.807, 2.05) is 6.07 Å². The van der Waals surface area contributed by atoms with Crippen LogP contribution in [0.2, 0.25) is 0 Å². The van der Waals surface area contributed by atoms with E-state index >= 15 is 0 Å².